The maximum Gasteiger partial charge on any atom is 0.0308 e. The van der Waals surface area contributed by atoms with Crippen molar-refractivity contribution in [3.8, 4) is 0 Å². The van der Waals surface area contributed by atoms with E-state index in [2.05, 4.69) is 83.8 Å². The summed E-state index contributed by atoms with van der Waals surface area (Å²) < 4.78 is 1.16. The molecular weight excluding hydrogens is 330 g/mol. The molecule has 1 N–H and O–H groups in total. The Labute approximate surface area is 134 Å². The normalized spacial score (nSPS) is 14.0. The molecule has 3 heteroatoms. The average Bonchev–Trinajstić information content (AvgIpc) is 2.47. The topological polar surface area (TPSA) is 12.0 Å². The third-order valence-corrected chi connectivity index (χ3v) is 4.95. The van der Waals surface area contributed by atoms with Gasteiger partial charge in [0, 0.05) is 21.5 Å². The van der Waals surface area contributed by atoms with Gasteiger partial charge in [0.25, 0.3) is 0 Å². The maximum atomic E-state index is 3.65. The van der Waals surface area contributed by atoms with Crippen molar-refractivity contribution in [2.45, 2.75) is 30.8 Å². The summed E-state index contributed by atoms with van der Waals surface area (Å²) in [6.07, 6.45) is 2.10. The minimum atomic E-state index is 0.306. The number of hydrogen-bond donors (Lipinski definition) is 1. The summed E-state index contributed by atoms with van der Waals surface area (Å²) in [7, 11) is 0. The van der Waals surface area contributed by atoms with Crippen molar-refractivity contribution in [1.82, 2.24) is 5.32 Å². The smallest absolute Gasteiger partial charge is 0.0308 e. The minimum Gasteiger partial charge on any atom is -0.304 e. The minimum absolute atomic E-state index is 0.306. The molecule has 2 unspecified atom stereocenters. The summed E-state index contributed by atoms with van der Waals surface area (Å²) in [5, 5.41) is 3.65. The maximum absolute atomic E-state index is 3.65. The largest absolute Gasteiger partial charge is 0.304 e. The van der Waals surface area contributed by atoms with Gasteiger partial charge < -0.3 is 5.32 Å². The summed E-state index contributed by atoms with van der Waals surface area (Å²) >= 11 is 5.39. The second-order valence-electron chi connectivity index (χ2n) is 4.90. The molecule has 20 heavy (non-hydrogen) atoms. The zero-order valence-corrected chi connectivity index (χ0v) is 14.5. The molecule has 0 aromatic heterocycles. The van der Waals surface area contributed by atoms with Crippen molar-refractivity contribution in [3.63, 3.8) is 0 Å². The Kier molecular flexibility index (Phi) is 5.70. The number of nitrogens with one attached hydrogen (secondary N) is 1. The average molecular weight is 350 g/mol. The first-order chi connectivity index (χ1) is 9.61. The Balaban J connectivity index is 2.06. The van der Waals surface area contributed by atoms with E-state index >= 15 is 0 Å². The van der Waals surface area contributed by atoms with Crippen LogP contribution in [-0.4, -0.2) is 6.26 Å². The molecule has 0 bridgehead atoms. The summed E-state index contributed by atoms with van der Waals surface area (Å²) in [6, 6.07) is 17.8. The van der Waals surface area contributed by atoms with Gasteiger partial charge in [0.15, 0.2) is 0 Å². The van der Waals surface area contributed by atoms with Gasteiger partial charge in [-0.15, -0.1) is 11.8 Å². The van der Waals surface area contributed by atoms with Crippen LogP contribution >= 0.6 is 27.7 Å². The van der Waals surface area contributed by atoms with Gasteiger partial charge in [-0.05, 0) is 49.4 Å². The fourth-order valence-electron chi connectivity index (χ4n) is 2.28. The van der Waals surface area contributed by atoms with E-state index in [-0.39, 0.29) is 0 Å². The van der Waals surface area contributed by atoms with Crippen LogP contribution in [0.3, 0.4) is 0 Å². The molecule has 0 saturated carbocycles. The van der Waals surface area contributed by atoms with Gasteiger partial charge in [0.2, 0.25) is 0 Å². The lowest BCUT2D eigenvalue weighted by Gasteiger charge is -2.22. The lowest BCUT2D eigenvalue weighted by molar-refractivity contribution is 0.493. The highest BCUT2D eigenvalue weighted by Gasteiger charge is 2.13. The molecule has 0 aliphatic heterocycles. The van der Waals surface area contributed by atoms with Gasteiger partial charge in [-0.25, -0.2) is 0 Å². The molecule has 0 fully saturated rings. The standard InChI is InChI=1S/C17H20BrNS/c1-12(14-8-10-15(20-3)11-9-14)19-13(2)16-6-4-5-7-17(16)18/h4-13,19H,1-3H3. The van der Waals surface area contributed by atoms with Crippen LogP contribution in [0.4, 0.5) is 0 Å². The van der Waals surface area contributed by atoms with E-state index in [0.717, 1.165) is 4.47 Å². The Morgan fingerprint density at radius 3 is 2.20 bits per heavy atom. The van der Waals surface area contributed by atoms with E-state index in [4.69, 9.17) is 0 Å². The zero-order valence-electron chi connectivity index (χ0n) is 12.1. The van der Waals surface area contributed by atoms with Gasteiger partial charge in [-0.3, -0.25) is 0 Å². The highest BCUT2D eigenvalue weighted by atomic mass is 79.9. The molecule has 0 saturated heterocycles. The second-order valence-corrected chi connectivity index (χ2v) is 6.64. The second kappa shape index (κ2) is 7.30. The van der Waals surface area contributed by atoms with E-state index in [1.165, 1.54) is 16.0 Å². The lowest BCUT2D eigenvalue weighted by atomic mass is 10.0. The number of thioether (sulfide) groups is 1. The first kappa shape index (κ1) is 15.6. The van der Waals surface area contributed by atoms with Crippen molar-refractivity contribution in [3.05, 3.63) is 64.1 Å². The molecule has 2 aromatic carbocycles. The molecule has 0 heterocycles. The first-order valence-corrected chi connectivity index (χ1v) is 8.78. The van der Waals surface area contributed by atoms with E-state index in [1.54, 1.807) is 11.8 Å². The van der Waals surface area contributed by atoms with Crippen LogP contribution in [0.5, 0.6) is 0 Å². The van der Waals surface area contributed by atoms with Crippen LogP contribution in [0, 0.1) is 0 Å². The third kappa shape index (κ3) is 3.87. The highest BCUT2D eigenvalue weighted by molar-refractivity contribution is 9.10. The number of halogens is 1. The van der Waals surface area contributed by atoms with E-state index in [0.29, 0.717) is 12.1 Å². The van der Waals surface area contributed by atoms with Gasteiger partial charge in [0.1, 0.15) is 0 Å². The summed E-state index contributed by atoms with van der Waals surface area (Å²) in [6.45, 7) is 4.41. The Morgan fingerprint density at radius 1 is 0.950 bits per heavy atom. The van der Waals surface area contributed by atoms with E-state index < -0.39 is 0 Å². The predicted octanol–water partition coefficient (Wildman–Crippen LogP) is 5.58. The van der Waals surface area contributed by atoms with Crippen LogP contribution in [0.15, 0.2) is 57.9 Å². The summed E-state index contributed by atoms with van der Waals surface area (Å²) in [5.74, 6) is 0. The summed E-state index contributed by atoms with van der Waals surface area (Å²) in [5.41, 5.74) is 2.61. The van der Waals surface area contributed by atoms with Crippen molar-refractivity contribution < 1.29 is 0 Å². The number of hydrogen-bond acceptors (Lipinski definition) is 2. The van der Waals surface area contributed by atoms with Crippen molar-refractivity contribution in [2.75, 3.05) is 6.26 Å². The van der Waals surface area contributed by atoms with Crippen LogP contribution in [0.25, 0.3) is 0 Å². The molecule has 0 spiro atoms. The third-order valence-electron chi connectivity index (χ3n) is 3.49. The fourth-order valence-corrected chi connectivity index (χ4v) is 3.32. The van der Waals surface area contributed by atoms with Gasteiger partial charge in [-0.1, -0.05) is 46.3 Å². The Hall–Kier alpha value is -0.770. The molecule has 2 aromatic rings. The molecular formula is C17H20BrNS. The zero-order chi connectivity index (χ0) is 14.5. The van der Waals surface area contributed by atoms with Crippen LogP contribution in [0.1, 0.15) is 37.1 Å². The van der Waals surface area contributed by atoms with Crippen LogP contribution in [0.2, 0.25) is 0 Å². The van der Waals surface area contributed by atoms with Crippen molar-refractivity contribution in [1.29, 1.82) is 0 Å². The molecule has 0 amide bonds. The molecule has 0 aliphatic carbocycles. The molecule has 0 aliphatic rings. The lowest BCUT2D eigenvalue weighted by Crippen LogP contribution is -2.22. The fraction of sp³-hybridized carbons (Fsp3) is 0.294. The van der Waals surface area contributed by atoms with Crippen LogP contribution < -0.4 is 5.32 Å². The number of benzene rings is 2. The van der Waals surface area contributed by atoms with E-state index in [1.807, 2.05) is 6.07 Å². The Bertz CT molecular complexity index is 553. The van der Waals surface area contributed by atoms with E-state index in [9.17, 15) is 0 Å². The van der Waals surface area contributed by atoms with Gasteiger partial charge >= 0.3 is 0 Å². The first-order valence-electron chi connectivity index (χ1n) is 6.76. The van der Waals surface area contributed by atoms with Gasteiger partial charge in [-0.2, -0.15) is 0 Å². The quantitative estimate of drug-likeness (QED) is 0.706. The summed E-state index contributed by atoms with van der Waals surface area (Å²) in [4.78, 5) is 1.31. The molecule has 1 nitrogen and oxygen atoms in total. The monoisotopic (exact) mass is 349 g/mol. The molecule has 0 radical (unpaired) electrons. The SMILES string of the molecule is CSc1ccc(C(C)NC(C)c2ccccc2Br)cc1. The van der Waals surface area contributed by atoms with Crippen molar-refractivity contribution >= 4 is 27.7 Å². The Morgan fingerprint density at radius 2 is 1.60 bits per heavy atom. The van der Waals surface area contributed by atoms with Crippen LogP contribution in [-0.2, 0) is 0 Å². The molecule has 106 valence electrons. The van der Waals surface area contributed by atoms with Gasteiger partial charge in [0.05, 0.1) is 0 Å². The van der Waals surface area contributed by atoms with Crippen molar-refractivity contribution in [2.24, 2.45) is 0 Å². The number of rotatable bonds is 5. The molecule has 2 rings (SSSR count). The highest BCUT2D eigenvalue weighted by Crippen LogP contribution is 2.26. The molecule has 2 atom stereocenters. The predicted molar refractivity (Wildman–Crippen MR) is 92.3 cm³/mol.